The van der Waals surface area contributed by atoms with Crippen LogP contribution in [0.1, 0.15) is 5.56 Å². The summed E-state index contributed by atoms with van der Waals surface area (Å²) in [7, 11) is 0. The third kappa shape index (κ3) is 3.31. The van der Waals surface area contributed by atoms with Gasteiger partial charge in [-0.2, -0.15) is 18.4 Å². The van der Waals surface area contributed by atoms with Gasteiger partial charge in [-0.3, -0.25) is 5.32 Å². The number of anilines is 1. The summed E-state index contributed by atoms with van der Waals surface area (Å²) in [5.74, 6) is 0.308. The third-order valence-corrected chi connectivity index (χ3v) is 2.72. The van der Waals surface area contributed by atoms with Gasteiger partial charge in [-0.25, -0.2) is 0 Å². The van der Waals surface area contributed by atoms with Crippen molar-refractivity contribution in [3.63, 3.8) is 0 Å². The van der Waals surface area contributed by atoms with Crippen LogP contribution in [0.3, 0.4) is 0 Å². The number of nitrogens with one attached hydrogen (secondary N) is 1. The van der Waals surface area contributed by atoms with Crippen LogP contribution in [0.2, 0.25) is 0 Å². The molecule has 5 nitrogen and oxygen atoms in total. The standard InChI is InChI=1S/C12H12F3N3O2/c13-12(14,15)11-18-5-8(20-11)6-19-10-2-1-7(4-16)3-9(10)17/h1-3,8,11,18H,5-6,17H2/t8-,11+/m0/s1. The quantitative estimate of drug-likeness (QED) is 0.821. The number of halogens is 3. The van der Waals surface area contributed by atoms with Gasteiger partial charge >= 0.3 is 6.18 Å². The summed E-state index contributed by atoms with van der Waals surface area (Å²) in [5, 5.41) is 10.9. The van der Waals surface area contributed by atoms with E-state index in [4.69, 9.17) is 20.5 Å². The van der Waals surface area contributed by atoms with Crippen molar-refractivity contribution in [1.29, 1.82) is 5.26 Å². The van der Waals surface area contributed by atoms with Crippen LogP contribution < -0.4 is 15.8 Å². The van der Waals surface area contributed by atoms with Gasteiger partial charge in [-0.15, -0.1) is 0 Å². The predicted molar refractivity (Wildman–Crippen MR) is 63.8 cm³/mol. The maximum absolute atomic E-state index is 12.4. The minimum atomic E-state index is -4.44. The van der Waals surface area contributed by atoms with Crippen LogP contribution in [0.25, 0.3) is 0 Å². The molecule has 1 aliphatic heterocycles. The Morgan fingerprint density at radius 3 is 2.80 bits per heavy atom. The van der Waals surface area contributed by atoms with Gasteiger partial charge in [-0.1, -0.05) is 0 Å². The summed E-state index contributed by atoms with van der Waals surface area (Å²) in [5.41, 5.74) is 6.30. The first-order valence-electron chi connectivity index (χ1n) is 5.78. The zero-order chi connectivity index (χ0) is 14.8. The molecule has 2 atom stereocenters. The molecule has 0 unspecified atom stereocenters. The lowest BCUT2D eigenvalue weighted by Gasteiger charge is -2.16. The van der Waals surface area contributed by atoms with Crippen molar-refractivity contribution in [2.75, 3.05) is 18.9 Å². The van der Waals surface area contributed by atoms with E-state index in [1.54, 1.807) is 0 Å². The van der Waals surface area contributed by atoms with E-state index in [9.17, 15) is 13.2 Å². The van der Waals surface area contributed by atoms with Gasteiger partial charge in [-0.05, 0) is 18.2 Å². The summed E-state index contributed by atoms with van der Waals surface area (Å²) in [6, 6.07) is 6.36. The van der Waals surface area contributed by atoms with Gasteiger partial charge < -0.3 is 15.2 Å². The van der Waals surface area contributed by atoms with Crippen LogP contribution in [0, 0.1) is 11.3 Å². The second kappa shape index (κ2) is 5.56. The number of hydrogen-bond acceptors (Lipinski definition) is 5. The highest BCUT2D eigenvalue weighted by atomic mass is 19.4. The number of alkyl halides is 3. The summed E-state index contributed by atoms with van der Waals surface area (Å²) in [6.45, 7) is -0.0178. The molecule has 20 heavy (non-hydrogen) atoms. The molecule has 0 amide bonds. The fourth-order valence-electron chi connectivity index (χ4n) is 1.75. The smallest absolute Gasteiger partial charge is 0.428 e. The largest absolute Gasteiger partial charge is 0.489 e. The first kappa shape index (κ1) is 14.4. The first-order valence-corrected chi connectivity index (χ1v) is 5.78. The van der Waals surface area contributed by atoms with Gasteiger partial charge in [0.05, 0.1) is 17.3 Å². The normalized spacial score (nSPS) is 22.5. The Balaban J connectivity index is 1.89. The monoisotopic (exact) mass is 287 g/mol. The molecule has 1 aliphatic rings. The molecule has 2 rings (SSSR count). The Hall–Kier alpha value is -1.98. The molecule has 0 aromatic heterocycles. The topological polar surface area (TPSA) is 80.3 Å². The Bertz CT molecular complexity index is 528. The number of nitrogens with zero attached hydrogens (tertiary/aromatic N) is 1. The molecule has 1 aromatic rings. The molecule has 3 N–H and O–H groups in total. The molecular formula is C12H12F3N3O2. The maximum Gasteiger partial charge on any atom is 0.428 e. The number of nitriles is 1. The van der Waals surface area contributed by atoms with Crippen molar-refractivity contribution in [2.24, 2.45) is 0 Å². The van der Waals surface area contributed by atoms with Crippen molar-refractivity contribution >= 4 is 5.69 Å². The van der Waals surface area contributed by atoms with Crippen molar-refractivity contribution in [2.45, 2.75) is 18.5 Å². The zero-order valence-corrected chi connectivity index (χ0v) is 10.3. The van der Waals surface area contributed by atoms with Crippen LogP contribution in [0.5, 0.6) is 5.75 Å². The third-order valence-electron chi connectivity index (χ3n) is 2.72. The molecule has 0 saturated carbocycles. The molecule has 1 aromatic carbocycles. The first-order chi connectivity index (χ1) is 9.40. The average Bonchev–Trinajstić information content (AvgIpc) is 2.86. The SMILES string of the molecule is N#Cc1ccc(OC[C@@H]2CN[C@@H](C(F)(F)F)O2)c(N)c1. The van der Waals surface area contributed by atoms with Crippen molar-refractivity contribution in [3.8, 4) is 11.8 Å². The number of nitrogen functional groups attached to an aromatic ring is 1. The summed E-state index contributed by atoms with van der Waals surface area (Å²) in [6.07, 6.45) is -7.12. The average molecular weight is 287 g/mol. The van der Waals surface area contributed by atoms with Crippen molar-refractivity contribution < 1.29 is 22.6 Å². The van der Waals surface area contributed by atoms with Gasteiger partial charge in [0.2, 0.25) is 6.23 Å². The van der Waals surface area contributed by atoms with E-state index in [0.717, 1.165) is 0 Å². The molecule has 0 radical (unpaired) electrons. The number of ether oxygens (including phenoxy) is 2. The summed E-state index contributed by atoms with van der Waals surface area (Å²) >= 11 is 0. The van der Waals surface area contributed by atoms with Crippen molar-refractivity contribution in [1.82, 2.24) is 5.32 Å². The van der Waals surface area contributed by atoms with Gasteiger partial charge in [0.1, 0.15) is 18.5 Å². The molecular weight excluding hydrogens is 275 g/mol. The molecule has 0 spiro atoms. The highest BCUT2D eigenvalue weighted by Crippen LogP contribution is 2.26. The second-order valence-electron chi connectivity index (χ2n) is 4.26. The van der Waals surface area contributed by atoms with Crippen molar-refractivity contribution in [3.05, 3.63) is 23.8 Å². The number of benzene rings is 1. The van der Waals surface area contributed by atoms with Gasteiger partial charge in [0.25, 0.3) is 0 Å². The second-order valence-corrected chi connectivity index (χ2v) is 4.26. The fraction of sp³-hybridized carbons (Fsp3) is 0.417. The molecule has 8 heteroatoms. The minimum absolute atomic E-state index is 0.0420. The molecule has 108 valence electrons. The maximum atomic E-state index is 12.4. The lowest BCUT2D eigenvalue weighted by Crippen LogP contribution is -2.38. The molecule has 1 saturated heterocycles. The summed E-state index contributed by atoms with van der Waals surface area (Å²) < 4.78 is 47.2. The van der Waals surface area contributed by atoms with E-state index in [-0.39, 0.29) is 18.8 Å². The predicted octanol–water partition coefficient (Wildman–Crippen LogP) is 1.40. The van der Waals surface area contributed by atoms with Gasteiger partial charge in [0.15, 0.2) is 0 Å². The van der Waals surface area contributed by atoms with E-state index in [1.165, 1.54) is 18.2 Å². The fourth-order valence-corrected chi connectivity index (χ4v) is 1.75. The van der Waals surface area contributed by atoms with E-state index in [1.807, 2.05) is 6.07 Å². The Morgan fingerprint density at radius 2 is 2.25 bits per heavy atom. The van der Waals surface area contributed by atoms with E-state index in [0.29, 0.717) is 11.3 Å². The number of hydrogen-bond donors (Lipinski definition) is 2. The highest BCUT2D eigenvalue weighted by molar-refractivity contribution is 5.56. The molecule has 0 bridgehead atoms. The Kier molecular flexibility index (Phi) is 4.01. The molecule has 0 aliphatic carbocycles. The Morgan fingerprint density at radius 1 is 1.50 bits per heavy atom. The van der Waals surface area contributed by atoms with Crippen LogP contribution in [0.4, 0.5) is 18.9 Å². The van der Waals surface area contributed by atoms with Gasteiger partial charge in [0, 0.05) is 6.54 Å². The van der Waals surface area contributed by atoms with E-state index >= 15 is 0 Å². The minimum Gasteiger partial charge on any atom is -0.489 e. The van der Waals surface area contributed by atoms with Crippen LogP contribution >= 0.6 is 0 Å². The van der Waals surface area contributed by atoms with E-state index < -0.39 is 18.5 Å². The highest BCUT2D eigenvalue weighted by Gasteiger charge is 2.45. The van der Waals surface area contributed by atoms with Crippen LogP contribution in [0.15, 0.2) is 18.2 Å². The van der Waals surface area contributed by atoms with E-state index in [2.05, 4.69) is 5.32 Å². The number of nitrogens with two attached hydrogens (primary N) is 1. The Labute approximate surface area is 113 Å². The lowest BCUT2D eigenvalue weighted by atomic mass is 10.2. The van der Waals surface area contributed by atoms with Crippen LogP contribution in [-0.2, 0) is 4.74 Å². The zero-order valence-electron chi connectivity index (χ0n) is 10.3. The lowest BCUT2D eigenvalue weighted by molar-refractivity contribution is -0.221. The molecule has 1 heterocycles. The number of rotatable bonds is 3. The summed E-state index contributed by atoms with van der Waals surface area (Å²) in [4.78, 5) is 0. The van der Waals surface area contributed by atoms with Crippen LogP contribution in [-0.4, -0.2) is 31.7 Å². The molecule has 1 fully saturated rings.